The van der Waals surface area contributed by atoms with Gasteiger partial charge in [0.15, 0.2) is 0 Å². The minimum absolute atomic E-state index is 0.215. The van der Waals surface area contributed by atoms with Crippen LogP contribution in [0.25, 0.3) is 0 Å². The monoisotopic (exact) mass is 325 g/mol. The second-order valence-corrected chi connectivity index (χ2v) is 6.95. The number of aromatic nitrogens is 2. The van der Waals surface area contributed by atoms with Crippen molar-refractivity contribution in [2.45, 2.75) is 38.3 Å². The number of nitrogens with zero attached hydrogens (tertiary/aromatic N) is 2. The summed E-state index contributed by atoms with van der Waals surface area (Å²) in [6.45, 7) is 1.26. The van der Waals surface area contributed by atoms with E-state index in [-0.39, 0.29) is 6.04 Å². The van der Waals surface area contributed by atoms with Gasteiger partial charge in [0.25, 0.3) is 0 Å². The molecule has 2 N–H and O–H groups in total. The molecule has 114 valence electrons. The first-order valence-corrected chi connectivity index (χ1v) is 8.47. The largest absolute Gasteiger partial charge is 0.383 e. The summed E-state index contributed by atoms with van der Waals surface area (Å²) < 4.78 is 6.98. The van der Waals surface area contributed by atoms with Crippen LogP contribution in [0.3, 0.4) is 0 Å². The molecular weight excluding hydrogens is 306 g/mol. The van der Waals surface area contributed by atoms with Gasteiger partial charge in [0.2, 0.25) is 0 Å². The molecular formula is C15H20ClN3OS. The van der Waals surface area contributed by atoms with E-state index in [0.29, 0.717) is 18.2 Å². The highest BCUT2D eigenvalue weighted by molar-refractivity contribution is 7.12. The number of aryl methyl sites for hydroxylation is 2. The number of nitrogens with two attached hydrogens (primary N) is 1. The number of halogens is 1. The summed E-state index contributed by atoms with van der Waals surface area (Å²) in [4.78, 5) is 2.67. The van der Waals surface area contributed by atoms with E-state index in [2.05, 4.69) is 11.2 Å². The van der Waals surface area contributed by atoms with Gasteiger partial charge >= 0.3 is 0 Å². The third-order valence-electron chi connectivity index (χ3n) is 3.96. The minimum atomic E-state index is -0.215. The molecule has 4 nitrogen and oxygen atoms in total. The number of hydrogen-bond donors (Lipinski definition) is 1. The van der Waals surface area contributed by atoms with Crippen LogP contribution in [-0.4, -0.2) is 23.5 Å². The van der Waals surface area contributed by atoms with Crippen LogP contribution in [0.4, 0.5) is 0 Å². The molecule has 2 aromatic heterocycles. The fraction of sp³-hybridized carbons (Fsp3) is 0.533. The maximum atomic E-state index is 6.47. The topological polar surface area (TPSA) is 53.1 Å². The number of methoxy groups -OCH3 is 1. The Labute approximate surface area is 133 Å². The van der Waals surface area contributed by atoms with E-state index in [4.69, 9.17) is 22.1 Å². The lowest BCUT2D eigenvalue weighted by Crippen LogP contribution is -2.18. The Morgan fingerprint density at radius 3 is 3.05 bits per heavy atom. The van der Waals surface area contributed by atoms with Gasteiger partial charge in [-0.15, -0.1) is 11.3 Å². The highest BCUT2D eigenvalue weighted by atomic mass is 35.5. The zero-order chi connectivity index (χ0) is 14.8. The van der Waals surface area contributed by atoms with Crippen LogP contribution in [0.15, 0.2) is 12.3 Å². The zero-order valence-electron chi connectivity index (χ0n) is 12.1. The molecule has 0 saturated heterocycles. The van der Waals surface area contributed by atoms with Crippen LogP contribution in [0.5, 0.6) is 0 Å². The van der Waals surface area contributed by atoms with Crippen molar-refractivity contribution < 1.29 is 4.74 Å². The SMILES string of the molecule is COCCn1ncc(Cl)c1C(N)c1cc2c(s1)CCCC2. The van der Waals surface area contributed by atoms with Gasteiger partial charge in [-0.3, -0.25) is 4.68 Å². The third kappa shape index (κ3) is 3.01. The molecule has 6 heteroatoms. The standard InChI is InChI=1S/C15H20ClN3OS/c1-20-7-6-19-15(11(16)9-18-19)14(17)13-8-10-4-2-3-5-12(10)21-13/h8-9,14H,2-7,17H2,1H3. The van der Waals surface area contributed by atoms with Crippen molar-refractivity contribution in [3.8, 4) is 0 Å². The summed E-state index contributed by atoms with van der Waals surface area (Å²) in [6.07, 6.45) is 6.60. The number of fused-ring (bicyclic) bond motifs is 1. The Morgan fingerprint density at radius 2 is 2.29 bits per heavy atom. The highest BCUT2D eigenvalue weighted by Crippen LogP contribution is 2.36. The maximum absolute atomic E-state index is 6.47. The molecule has 0 fully saturated rings. The van der Waals surface area contributed by atoms with E-state index in [9.17, 15) is 0 Å². The molecule has 0 aromatic carbocycles. The molecule has 1 aliphatic rings. The lowest BCUT2D eigenvalue weighted by atomic mass is 9.98. The quantitative estimate of drug-likeness (QED) is 0.918. The Morgan fingerprint density at radius 1 is 1.48 bits per heavy atom. The number of ether oxygens (including phenoxy) is 1. The lowest BCUT2D eigenvalue weighted by molar-refractivity contribution is 0.182. The zero-order valence-corrected chi connectivity index (χ0v) is 13.7. The van der Waals surface area contributed by atoms with Gasteiger partial charge in [0.05, 0.1) is 36.1 Å². The predicted molar refractivity (Wildman–Crippen MR) is 86.1 cm³/mol. The Balaban J connectivity index is 1.89. The average Bonchev–Trinajstić information content (AvgIpc) is 3.08. The van der Waals surface area contributed by atoms with Crippen molar-refractivity contribution in [1.29, 1.82) is 0 Å². The molecule has 0 bridgehead atoms. The first-order valence-electron chi connectivity index (χ1n) is 7.28. The second kappa shape index (κ2) is 6.48. The average molecular weight is 326 g/mol. The first kappa shape index (κ1) is 15.0. The molecule has 2 heterocycles. The highest BCUT2D eigenvalue weighted by Gasteiger charge is 2.22. The van der Waals surface area contributed by atoms with Crippen LogP contribution < -0.4 is 5.73 Å². The Kier molecular flexibility index (Phi) is 4.64. The third-order valence-corrected chi connectivity index (χ3v) is 5.57. The first-order chi connectivity index (χ1) is 10.2. The van der Waals surface area contributed by atoms with Crippen molar-refractivity contribution in [3.63, 3.8) is 0 Å². The van der Waals surface area contributed by atoms with Crippen molar-refractivity contribution in [3.05, 3.63) is 38.3 Å². The molecule has 1 unspecified atom stereocenters. The van der Waals surface area contributed by atoms with Gasteiger partial charge in [0, 0.05) is 16.9 Å². The normalized spacial score (nSPS) is 16.0. The fourth-order valence-corrected chi connectivity index (χ4v) is 4.36. The van der Waals surface area contributed by atoms with Crippen molar-refractivity contribution >= 4 is 22.9 Å². The summed E-state index contributed by atoms with van der Waals surface area (Å²) in [5.74, 6) is 0. The van der Waals surface area contributed by atoms with Gasteiger partial charge in [-0.2, -0.15) is 5.10 Å². The molecule has 1 aliphatic carbocycles. The molecule has 0 amide bonds. The summed E-state index contributed by atoms with van der Waals surface area (Å²) in [6, 6.07) is 2.04. The number of hydrogen-bond acceptors (Lipinski definition) is 4. The van der Waals surface area contributed by atoms with Crippen molar-refractivity contribution in [1.82, 2.24) is 9.78 Å². The van der Waals surface area contributed by atoms with E-state index in [1.165, 1.54) is 41.0 Å². The Hall–Kier alpha value is -0.880. The molecule has 0 aliphatic heterocycles. The molecule has 3 rings (SSSR count). The van der Waals surface area contributed by atoms with Crippen LogP contribution in [0.1, 0.15) is 39.9 Å². The molecule has 0 spiro atoms. The van der Waals surface area contributed by atoms with Gasteiger partial charge in [-0.05, 0) is 37.3 Å². The van der Waals surface area contributed by atoms with Crippen LogP contribution in [-0.2, 0) is 24.1 Å². The van der Waals surface area contributed by atoms with Gasteiger partial charge < -0.3 is 10.5 Å². The second-order valence-electron chi connectivity index (χ2n) is 5.38. The van der Waals surface area contributed by atoms with E-state index in [1.807, 2.05) is 16.0 Å². The van der Waals surface area contributed by atoms with Crippen LogP contribution >= 0.6 is 22.9 Å². The van der Waals surface area contributed by atoms with Crippen molar-refractivity contribution in [2.75, 3.05) is 13.7 Å². The predicted octanol–water partition coefficient (Wildman–Crippen LogP) is 3.17. The summed E-state index contributed by atoms with van der Waals surface area (Å²) in [5.41, 5.74) is 8.82. The molecule has 1 atom stereocenters. The van der Waals surface area contributed by atoms with Crippen LogP contribution in [0.2, 0.25) is 5.02 Å². The van der Waals surface area contributed by atoms with Gasteiger partial charge in [0.1, 0.15) is 0 Å². The summed E-state index contributed by atoms with van der Waals surface area (Å²) in [5, 5.41) is 4.94. The molecule has 0 saturated carbocycles. The smallest absolute Gasteiger partial charge is 0.0838 e. The van der Waals surface area contributed by atoms with E-state index < -0.39 is 0 Å². The molecule has 21 heavy (non-hydrogen) atoms. The minimum Gasteiger partial charge on any atom is -0.383 e. The maximum Gasteiger partial charge on any atom is 0.0838 e. The van der Waals surface area contributed by atoms with Gasteiger partial charge in [-0.1, -0.05) is 11.6 Å². The summed E-state index contributed by atoms with van der Waals surface area (Å²) >= 11 is 8.12. The number of thiophene rings is 1. The lowest BCUT2D eigenvalue weighted by Gasteiger charge is -2.13. The van der Waals surface area contributed by atoms with E-state index in [1.54, 1.807) is 13.3 Å². The number of rotatable bonds is 5. The van der Waals surface area contributed by atoms with Crippen molar-refractivity contribution in [2.24, 2.45) is 5.73 Å². The summed E-state index contributed by atoms with van der Waals surface area (Å²) in [7, 11) is 1.68. The fourth-order valence-electron chi connectivity index (χ4n) is 2.84. The van der Waals surface area contributed by atoms with E-state index >= 15 is 0 Å². The van der Waals surface area contributed by atoms with E-state index in [0.717, 1.165) is 5.69 Å². The Bertz CT molecular complexity index is 599. The molecule has 0 radical (unpaired) electrons. The van der Waals surface area contributed by atoms with Crippen LogP contribution in [0, 0.1) is 0 Å². The van der Waals surface area contributed by atoms with Gasteiger partial charge in [-0.25, -0.2) is 0 Å². The molecule has 2 aromatic rings.